The minimum Gasteiger partial charge on any atom is -0.306 e. The molecule has 3 aromatic rings. The molecule has 7 nitrogen and oxygen atoms in total. The molecule has 0 aromatic carbocycles. The second-order valence-corrected chi connectivity index (χ2v) is 6.90. The van der Waals surface area contributed by atoms with E-state index in [1.54, 1.807) is 24.4 Å². The van der Waals surface area contributed by atoms with E-state index in [0.717, 1.165) is 43.1 Å². The van der Waals surface area contributed by atoms with Crippen LogP contribution in [0.15, 0.2) is 55.0 Å². The summed E-state index contributed by atoms with van der Waals surface area (Å²) in [6, 6.07) is 11.3. The summed E-state index contributed by atoms with van der Waals surface area (Å²) < 4.78 is 0. The maximum Gasteiger partial charge on any atom is 0.258 e. The van der Waals surface area contributed by atoms with Crippen LogP contribution in [0.3, 0.4) is 0 Å². The van der Waals surface area contributed by atoms with Gasteiger partial charge in [-0.15, -0.1) is 0 Å². The number of likely N-dealkylation sites (tertiary alicyclic amines) is 1. The third kappa shape index (κ3) is 4.20. The summed E-state index contributed by atoms with van der Waals surface area (Å²) in [6.07, 6.45) is 7.07. The lowest BCUT2D eigenvalue weighted by Crippen LogP contribution is -2.25. The van der Waals surface area contributed by atoms with Crippen molar-refractivity contribution in [2.75, 3.05) is 11.9 Å². The first kappa shape index (κ1) is 18.2. The highest BCUT2D eigenvalue weighted by Crippen LogP contribution is 2.31. The standard InChI is InChI=1S/C21H22N6O/c1-15-12-19(26-21(28)16-6-4-9-22-13-16)25-20(24-15)18-8-5-11-27(18)14-17-7-2-3-10-23-17/h2-4,6-7,9-10,12-13,18H,5,8,11,14H2,1H3,(H,24,25,26,28). The Bertz CT molecular complexity index is 948. The number of aromatic nitrogens is 4. The molecule has 4 rings (SSSR count). The fourth-order valence-corrected chi connectivity index (χ4v) is 3.50. The first-order valence-corrected chi connectivity index (χ1v) is 9.40. The van der Waals surface area contributed by atoms with Crippen LogP contribution in [-0.2, 0) is 6.54 Å². The summed E-state index contributed by atoms with van der Waals surface area (Å²) in [5.41, 5.74) is 2.36. The monoisotopic (exact) mass is 374 g/mol. The first-order chi connectivity index (χ1) is 13.7. The summed E-state index contributed by atoms with van der Waals surface area (Å²) >= 11 is 0. The van der Waals surface area contributed by atoms with E-state index in [9.17, 15) is 4.79 Å². The van der Waals surface area contributed by atoms with E-state index < -0.39 is 0 Å². The van der Waals surface area contributed by atoms with Gasteiger partial charge in [0.05, 0.1) is 17.3 Å². The second-order valence-electron chi connectivity index (χ2n) is 6.90. The van der Waals surface area contributed by atoms with E-state index in [0.29, 0.717) is 11.4 Å². The molecule has 1 aliphatic heterocycles. The number of amides is 1. The number of hydrogen-bond donors (Lipinski definition) is 1. The number of nitrogens with zero attached hydrogens (tertiary/aromatic N) is 5. The molecule has 1 N–H and O–H groups in total. The summed E-state index contributed by atoms with van der Waals surface area (Å²) in [7, 11) is 0. The summed E-state index contributed by atoms with van der Waals surface area (Å²) in [5.74, 6) is 1.03. The molecule has 1 aliphatic rings. The van der Waals surface area contributed by atoms with E-state index in [1.165, 1.54) is 6.20 Å². The normalized spacial score (nSPS) is 16.8. The van der Waals surface area contributed by atoms with E-state index in [2.05, 4.69) is 30.2 Å². The molecule has 0 aliphatic carbocycles. The zero-order valence-electron chi connectivity index (χ0n) is 15.7. The highest BCUT2D eigenvalue weighted by Gasteiger charge is 2.29. The van der Waals surface area contributed by atoms with Crippen molar-refractivity contribution in [1.29, 1.82) is 0 Å². The maximum absolute atomic E-state index is 12.4. The minimum absolute atomic E-state index is 0.121. The van der Waals surface area contributed by atoms with Gasteiger partial charge in [-0.2, -0.15) is 0 Å². The van der Waals surface area contributed by atoms with Crippen molar-refractivity contribution in [2.45, 2.75) is 32.4 Å². The van der Waals surface area contributed by atoms with Crippen LogP contribution in [0, 0.1) is 6.92 Å². The number of aryl methyl sites for hydroxylation is 1. The average Bonchev–Trinajstić information content (AvgIpc) is 3.17. The van der Waals surface area contributed by atoms with Gasteiger partial charge in [0, 0.05) is 36.9 Å². The van der Waals surface area contributed by atoms with Crippen LogP contribution in [0.2, 0.25) is 0 Å². The van der Waals surface area contributed by atoms with E-state index in [-0.39, 0.29) is 11.9 Å². The number of carbonyl (C=O) groups excluding carboxylic acids is 1. The first-order valence-electron chi connectivity index (χ1n) is 9.40. The maximum atomic E-state index is 12.4. The van der Waals surface area contributed by atoms with Crippen LogP contribution in [0.1, 0.15) is 46.5 Å². The van der Waals surface area contributed by atoms with Crippen molar-refractivity contribution in [3.8, 4) is 0 Å². The highest BCUT2D eigenvalue weighted by molar-refractivity contribution is 6.03. The molecular formula is C21H22N6O. The predicted octanol–water partition coefficient (Wildman–Crippen LogP) is 3.16. The van der Waals surface area contributed by atoms with Gasteiger partial charge < -0.3 is 5.32 Å². The molecule has 3 aromatic heterocycles. The van der Waals surface area contributed by atoms with Gasteiger partial charge in [0.15, 0.2) is 0 Å². The van der Waals surface area contributed by atoms with Gasteiger partial charge in [-0.05, 0) is 50.6 Å². The lowest BCUT2D eigenvalue weighted by Gasteiger charge is -2.23. The van der Waals surface area contributed by atoms with Crippen LogP contribution in [0.25, 0.3) is 0 Å². The Kier molecular flexibility index (Phi) is 5.34. The molecule has 1 amide bonds. The zero-order valence-corrected chi connectivity index (χ0v) is 15.7. The second kappa shape index (κ2) is 8.22. The molecule has 1 fully saturated rings. The van der Waals surface area contributed by atoms with Crippen molar-refractivity contribution >= 4 is 11.7 Å². The van der Waals surface area contributed by atoms with Gasteiger partial charge in [0.1, 0.15) is 11.6 Å². The molecule has 1 saturated heterocycles. The van der Waals surface area contributed by atoms with Gasteiger partial charge >= 0.3 is 0 Å². The Labute approximate surface area is 163 Å². The van der Waals surface area contributed by atoms with E-state index in [4.69, 9.17) is 0 Å². The number of anilines is 1. The van der Waals surface area contributed by atoms with E-state index in [1.807, 2.05) is 31.3 Å². The molecule has 4 heterocycles. The number of nitrogens with one attached hydrogen (secondary N) is 1. The zero-order chi connectivity index (χ0) is 19.3. The largest absolute Gasteiger partial charge is 0.306 e. The summed E-state index contributed by atoms with van der Waals surface area (Å²) in [5, 5.41) is 2.87. The van der Waals surface area contributed by atoms with Gasteiger partial charge in [-0.1, -0.05) is 6.07 Å². The lowest BCUT2D eigenvalue weighted by molar-refractivity contribution is 0.102. The number of rotatable bonds is 5. The van der Waals surface area contributed by atoms with Crippen molar-refractivity contribution < 1.29 is 4.79 Å². The number of hydrogen-bond acceptors (Lipinski definition) is 6. The Morgan fingerprint density at radius 3 is 2.93 bits per heavy atom. The topological polar surface area (TPSA) is 83.9 Å². The molecule has 0 bridgehead atoms. The van der Waals surface area contributed by atoms with Crippen LogP contribution < -0.4 is 5.32 Å². The fraction of sp³-hybridized carbons (Fsp3) is 0.286. The van der Waals surface area contributed by atoms with E-state index >= 15 is 0 Å². The van der Waals surface area contributed by atoms with Crippen molar-refractivity contribution in [1.82, 2.24) is 24.8 Å². The van der Waals surface area contributed by atoms with Gasteiger partial charge in [-0.25, -0.2) is 9.97 Å². The molecule has 0 radical (unpaired) electrons. The average molecular weight is 374 g/mol. The molecule has 1 unspecified atom stereocenters. The van der Waals surface area contributed by atoms with Crippen LogP contribution in [0.4, 0.5) is 5.82 Å². The SMILES string of the molecule is Cc1cc(NC(=O)c2cccnc2)nc(C2CCCN2Cc2ccccn2)n1. The molecule has 28 heavy (non-hydrogen) atoms. The third-order valence-electron chi connectivity index (χ3n) is 4.79. The molecule has 0 saturated carbocycles. The summed E-state index contributed by atoms with van der Waals surface area (Å²) in [6.45, 7) is 3.67. The third-order valence-corrected chi connectivity index (χ3v) is 4.79. The van der Waals surface area contributed by atoms with Crippen molar-refractivity contribution in [2.24, 2.45) is 0 Å². The van der Waals surface area contributed by atoms with Gasteiger partial charge in [-0.3, -0.25) is 19.7 Å². The molecule has 142 valence electrons. The van der Waals surface area contributed by atoms with Gasteiger partial charge in [0.2, 0.25) is 0 Å². The number of carbonyl (C=O) groups is 1. The Balaban J connectivity index is 1.53. The minimum atomic E-state index is -0.228. The molecule has 7 heteroatoms. The highest BCUT2D eigenvalue weighted by atomic mass is 16.1. The molecule has 0 spiro atoms. The predicted molar refractivity (Wildman–Crippen MR) is 106 cm³/mol. The molecular weight excluding hydrogens is 352 g/mol. The molecule has 1 atom stereocenters. The number of pyridine rings is 2. The summed E-state index contributed by atoms with van der Waals surface area (Å²) in [4.78, 5) is 32.5. The van der Waals surface area contributed by atoms with Crippen molar-refractivity contribution in [3.63, 3.8) is 0 Å². The van der Waals surface area contributed by atoms with Crippen LogP contribution >= 0.6 is 0 Å². The van der Waals surface area contributed by atoms with Gasteiger partial charge in [0.25, 0.3) is 5.91 Å². The smallest absolute Gasteiger partial charge is 0.258 e. The van der Waals surface area contributed by atoms with Crippen molar-refractivity contribution in [3.05, 3.63) is 77.8 Å². The van der Waals surface area contributed by atoms with Crippen LogP contribution in [-0.4, -0.2) is 37.3 Å². The lowest BCUT2D eigenvalue weighted by atomic mass is 10.2. The quantitative estimate of drug-likeness (QED) is 0.738. The Morgan fingerprint density at radius 1 is 1.21 bits per heavy atom. The fourth-order valence-electron chi connectivity index (χ4n) is 3.50. The van der Waals surface area contributed by atoms with Crippen LogP contribution in [0.5, 0.6) is 0 Å². The Hall–Kier alpha value is -3.19. The Morgan fingerprint density at radius 2 is 2.14 bits per heavy atom.